The van der Waals surface area contributed by atoms with Gasteiger partial charge in [-0.15, -0.1) is 6.58 Å². The third kappa shape index (κ3) is 12.6. The van der Waals surface area contributed by atoms with Gasteiger partial charge in [-0.3, -0.25) is 4.79 Å². The Labute approximate surface area is 252 Å². The SMILES string of the molecule is C=CC.CC.CC.COc1ccc(CN(Cc2ccc(OC)cc2OC)C2=N[C@@H](C)C=C(COC(C)=O)O2)c(OC)c1. The molecule has 0 bridgehead atoms. The molecule has 2 aromatic rings. The van der Waals surface area contributed by atoms with E-state index >= 15 is 0 Å². The Morgan fingerprint density at radius 2 is 1.36 bits per heavy atom. The second-order valence-electron chi connectivity index (χ2n) is 8.29. The van der Waals surface area contributed by atoms with Gasteiger partial charge < -0.3 is 33.3 Å². The monoisotopic (exact) mass is 586 g/mol. The molecule has 234 valence electrons. The summed E-state index contributed by atoms with van der Waals surface area (Å²) < 4.78 is 33.1. The number of nitrogens with zero attached hydrogens (tertiary/aromatic N) is 2. The minimum absolute atomic E-state index is 0.0320. The van der Waals surface area contributed by atoms with Crippen molar-refractivity contribution in [3.63, 3.8) is 0 Å². The molecule has 0 aliphatic carbocycles. The van der Waals surface area contributed by atoms with Crippen molar-refractivity contribution >= 4 is 12.0 Å². The first-order valence-electron chi connectivity index (χ1n) is 14.1. The Kier molecular flexibility index (Phi) is 19.5. The molecule has 0 saturated carbocycles. The summed E-state index contributed by atoms with van der Waals surface area (Å²) in [4.78, 5) is 18.0. The summed E-state index contributed by atoms with van der Waals surface area (Å²) in [6.07, 6.45) is 3.58. The van der Waals surface area contributed by atoms with Gasteiger partial charge in [-0.2, -0.15) is 0 Å². The number of rotatable bonds is 10. The number of benzene rings is 2. The number of carbonyl (C=O) groups is 1. The molecular formula is C33H50N2O7. The first kappa shape index (κ1) is 37.9. The first-order valence-corrected chi connectivity index (χ1v) is 14.1. The largest absolute Gasteiger partial charge is 0.497 e. The Morgan fingerprint density at radius 1 is 0.905 bits per heavy atom. The minimum Gasteiger partial charge on any atom is -0.497 e. The quantitative estimate of drug-likeness (QED) is 0.214. The number of allylic oxidation sites excluding steroid dienone is 1. The van der Waals surface area contributed by atoms with Crippen molar-refractivity contribution < 1.29 is 33.2 Å². The van der Waals surface area contributed by atoms with Crippen LogP contribution in [0.2, 0.25) is 0 Å². The van der Waals surface area contributed by atoms with Gasteiger partial charge in [-0.25, -0.2) is 4.99 Å². The van der Waals surface area contributed by atoms with E-state index in [2.05, 4.69) is 6.58 Å². The molecule has 0 fully saturated rings. The maximum Gasteiger partial charge on any atom is 0.303 e. The van der Waals surface area contributed by atoms with Crippen LogP contribution in [0.1, 0.15) is 59.6 Å². The summed E-state index contributed by atoms with van der Waals surface area (Å²) >= 11 is 0. The van der Waals surface area contributed by atoms with Crippen molar-refractivity contribution in [3.05, 3.63) is 72.0 Å². The Bertz CT molecular complexity index is 1090. The summed E-state index contributed by atoms with van der Waals surface area (Å²) in [6, 6.07) is 11.5. The van der Waals surface area contributed by atoms with Gasteiger partial charge >= 0.3 is 5.97 Å². The summed E-state index contributed by atoms with van der Waals surface area (Å²) in [6.45, 7) is 17.4. The molecular weight excluding hydrogens is 536 g/mol. The predicted octanol–water partition coefficient (Wildman–Crippen LogP) is 7.19. The molecule has 0 saturated heterocycles. The normalized spacial score (nSPS) is 12.9. The number of aliphatic imine (C=N–C) groups is 1. The van der Waals surface area contributed by atoms with Crippen molar-refractivity contribution in [2.75, 3.05) is 35.0 Å². The number of ether oxygens (including phenoxy) is 6. The van der Waals surface area contributed by atoms with E-state index in [4.69, 9.17) is 33.4 Å². The molecule has 0 N–H and O–H groups in total. The third-order valence-corrected chi connectivity index (χ3v) is 5.36. The molecule has 1 aliphatic rings. The topological polar surface area (TPSA) is 88.1 Å². The maximum absolute atomic E-state index is 11.3. The van der Waals surface area contributed by atoms with Gasteiger partial charge in [0.2, 0.25) is 0 Å². The summed E-state index contributed by atoms with van der Waals surface area (Å²) in [7, 11) is 6.46. The Balaban J connectivity index is 0.00000221. The molecule has 0 aromatic heterocycles. The zero-order chi connectivity index (χ0) is 32.1. The van der Waals surface area contributed by atoms with Crippen LogP contribution in [0.15, 0.2) is 65.9 Å². The van der Waals surface area contributed by atoms with E-state index in [0.717, 1.165) is 11.1 Å². The van der Waals surface area contributed by atoms with Gasteiger partial charge in [-0.1, -0.05) is 33.8 Å². The first-order chi connectivity index (χ1) is 20.3. The van der Waals surface area contributed by atoms with Crippen LogP contribution in [0.25, 0.3) is 0 Å². The maximum atomic E-state index is 11.3. The van der Waals surface area contributed by atoms with E-state index in [1.807, 2.05) is 88.9 Å². The highest BCUT2D eigenvalue weighted by molar-refractivity contribution is 5.76. The van der Waals surface area contributed by atoms with E-state index in [1.165, 1.54) is 6.92 Å². The molecule has 9 heteroatoms. The van der Waals surface area contributed by atoms with E-state index in [-0.39, 0.29) is 18.6 Å². The number of esters is 1. The van der Waals surface area contributed by atoms with Gasteiger partial charge in [-0.05, 0) is 44.2 Å². The predicted molar refractivity (Wildman–Crippen MR) is 170 cm³/mol. The van der Waals surface area contributed by atoms with Crippen molar-refractivity contribution in [3.8, 4) is 23.0 Å². The molecule has 0 unspecified atom stereocenters. The van der Waals surface area contributed by atoms with Crippen molar-refractivity contribution in [1.82, 2.24) is 4.90 Å². The average molecular weight is 587 g/mol. The van der Waals surface area contributed by atoms with Gasteiger partial charge in [0.25, 0.3) is 6.02 Å². The molecule has 3 rings (SSSR count). The van der Waals surface area contributed by atoms with Crippen molar-refractivity contribution in [1.29, 1.82) is 0 Å². The van der Waals surface area contributed by atoms with Gasteiger partial charge in [0.05, 0.1) is 47.6 Å². The number of carbonyl (C=O) groups excluding carboxylic acids is 1. The fourth-order valence-corrected chi connectivity index (χ4v) is 3.62. The van der Waals surface area contributed by atoms with Crippen LogP contribution in [-0.4, -0.2) is 58.0 Å². The molecule has 0 amide bonds. The summed E-state index contributed by atoms with van der Waals surface area (Å²) in [5.74, 6) is 2.88. The highest BCUT2D eigenvalue weighted by Crippen LogP contribution is 2.30. The van der Waals surface area contributed by atoms with Gasteiger partial charge in [0.15, 0.2) is 0 Å². The zero-order valence-electron chi connectivity index (χ0n) is 27.3. The zero-order valence-corrected chi connectivity index (χ0v) is 27.3. The summed E-state index contributed by atoms with van der Waals surface area (Å²) in [5.41, 5.74) is 1.83. The second kappa shape index (κ2) is 21.6. The van der Waals surface area contributed by atoms with E-state index in [9.17, 15) is 4.79 Å². The molecule has 1 heterocycles. The lowest BCUT2D eigenvalue weighted by Gasteiger charge is -2.30. The summed E-state index contributed by atoms with van der Waals surface area (Å²) in [5, 5.41) is 0. The van der Waals surface area contributed by atoms with Crippen molar-refractivity contribution in [2.24, 2.45) is 4.99 Å². The molecule has 1 atom stereocenters. The van der Waals surface area contributed by atoms with Gasteiger partial charge in [0.1, 0.15) is 35.4 Å². The highest BCUT2D eigenvalue weighted by atomic mass is 16.6. The van der Waals surface area contributed by atoms with Crippen LogP contribution in [0.5, 0.6) is 23.0 Å². The molecule has 0 radical (unpaired) electrons. The van der Waals surface area contributed by atoms with E-state index < -0.39 is 0 Å². The third-order valence-electron chi connectivity index (χ3n) is 5.36. The fraction of sp³-hybridized carbons (Fsp3) is 0.455. The number of amidine groups is 1. The van der Waals surface area contributed by atoms with Gasteiger partial charge in [0, 0.05) is 30.2 Å². The van der Waals surface area contributed by atoms with Crippen molar-refractivity contribution in [2.45, 2.75) is 67.6 Å². The van der Waals surface area contributed by atoms with E-state index in [0.29, 0.717) is 47.9 Å². The number of hydrogen-bond acceptors (Lipinski definition) is 9. The smallest absolute Gasteiger partial charge is 0.303 e. The lowest BCUT2D eigenvalue weighted by Crippen LogP contribution is -2.35. The fourth-order valence-electron chi connectivity index (χ4n) is 3.62. The molecule has 1 aliphatic heterocycles. The van der Waals surface area contributed by atoms with Crippen LogP contribution >= 0.6 is 0 Å². The lowest BCUT2D eigenvalue weighted by molar-refractivity contribution is -0.140. The number of hydrogen-bond donors (Lipinski definition) is 0. The average Bonchev–Trinajstić information content (AvgIpc) is 3.02. The van der Waals surface area contributed by atoms with Crippen LogP contribution in [-0.2, 0) is 27.4 Å². The molecule has 42 heavy (non-hydrogen) atoms. The Morgan fingerprint density at radius 3 is 1.74 bits per heavy atom. The lowest BCUT2D eigenvalue weighted by atomic mass is 10.1. The Hall–Kier alpha value is -4.14. The van der Waals surface area contributed by atoms with Crippen LogP contribution in [0.4, 0.5) is 0 Å². The second-order valence-corrected chi connectivity index (χ2v) is 8.29. The van der Waals surface area contributed by atoms with Crippen LogP contribution < -0.4 is 18.9 Å². The molecule has 0 spiro atoms. The van der Waals surface area contributed by atoms with Crippen LogP contribution in [0, 0.1) is 0 Å². The van der Waals surface area contributed by atoms with Crippen LogP contribution in [0.3, 0.4) is 0 Å². The molecule has 9 nitrogen and oxygen atoms in total. The van der Waals surface area contributed by atoms with E-state index in [1.54, 1.807) is 34.5 Å². The number of methoxy groups -OCH3 is 4. The molecule has 2 aromatic carbocycles. The standard InChI is InChI=1S/C26H32N2O7.C3H6.2C2H6/c1-17-11-23(16-34-18(2)29)35-26(27-17)28(14-19-7-9-21(30-3)12-24(19)32-5)15-20-8-10-22(31-4)13-25(20)33-6;1-3-2;2*1-2/h7-13,17H,14-16H2,1-6H3;3H,1H2,2H3;2*1-2H3/t17-;;;/m0.../s1. The highest BCUT2D eigenvalue weighted by Gasteiger charge is 2.24. The minimum atomic E-state index is -0.381.